The van der Waals surface area contributed by atoms with Crippen LogP contribution < -0.4 is 4.90 Å². The number of rotatable bonds is 4. The zero-order chi connectivity index (χ0) is 12.1. The molecule has 0 aliphatic carbocycles. The highest BCUT2D eigenvalue weighted by atomic mass is 32.1. The predicted octanol–water partition coefficient (Wildman–Crippen LogP) is 2.74. The van der Waals surface area contributed by atoms with Gasteiger partial charge in [-0.1, -0.05) is 30.3 Å². The Labute approximate surface area is 105 Å². The Morgan fingerprint density at radius 2 is 2.12 bits per heavy atom. The molecule has 17 heavy (non-hydrogen) atoms. The number of anilines is 1. The normalized spacial score (nSPS) is 10.2. The highest BCUT2D eigenvalue weighted by Crippen LogP contribution is 2.16. The Morgan fingerprint density at radius 3 is 2.76 bits per heavy atom. The van der Waals surface area contributed by atoms with Gasteiger partial charge in [-0.3, -0.25) is 9.69 Å². The van der Waals surface area contributed by atoms with E-state index in [1.807, 2.05) is 35.7 Å². The third-order valence-corrected chi connectivity index (χ3v) is 3.40. The molecule has 0 aliphatic heterocycles. The maximum absolute atomic E-state index is 11.9. The van der Waals surface area contributed by atoms with Gasteiger partial charge in [-0.25, -0.2) is 4.98 Å². The summed E-state index contributed by atoms with van der Waals surface area (Å²) in [6.45, 7) is 0. The molecule has 1 aromatic carbocycles. The van der Waals surface area contributed by atoms with Crippen LogP contribution in [0.15, 0.2) is 41.9 Å². The first-order valence-corrected chi connectivity index (χ1v) is 6.35. The molecule has 0 aliphatic rings. The van der Waals surface area contributed by atoms with Crippen molar-refractivity contribution in [2.24, 2.45) is 0 Å². The van der Waals surface area contributed by atoms with Gasteiger partial charge >= 0.3 is 0 Å². The van der Waals surface area contributed by atoms with E-state index in [1.54, 1.807) is 18.1 Å². The molecule has 0 saturated carbocycles. The second-order valence-corrected chi connectivity index (χ2v) is 4.63. The molecule has 0 fully saturated rings. The molecule has 1 amide bonds. The predicted molar refractivity (Wildman–Crippen MR) is 70.3 cm³/mol. The van der Waals surface area contributed by atoms with Crippen LogP contribution in [0.1, 0.15) is 12.0 Å². The second-order valence-electron chi connectivity index (χ2n) is 3.75. The first kappa shape index (κ1) is 11.8. The van der Waals surface area contributed by atoms with Gasteiger partial charge in [0, 0.05) is 25.0 Å². The molecule has 0 radical (unpaired) electrons. The van der Waals surface area contributed by atoms with E-state index in [2.05, 4.69) is 4.98 Å². The Morgan fingerprint density at radius 1 is 1.35 bits per heavy atom. The number of hydrogen-bond acceptors (Lipinski definition) is 3. The van der Waals surface area contributed by atoms with Crippen LogP contribution in [0.5, 0.6) is 0 Å². The van der Waals surface area contributed by atoms with Crippen LogP contribution in [0.3, 0.4) is 0 Å². The highest BCUT2D eigenvalue weighted by molar-refractivity contribution is 7.13. The van der Waals surface area contributed by atoms with Crippen LogP contribution in [0, 0.1) is 0 Å². The first-order valence-electron chi connectivity index (χ1n) is 5.47. The number of aryl methyl sites for hydroxylation is 1. The second kappa shape index (κ2) is 5.59. The third kappa shape index (κ3) is 3.14. The van der Waals surface area contributed by atoms with E-state index >= 15 is 0 Å². The van der Waals surface area contributed by atoms with Gasteiger partial charge in [-0.05, 0) is 12.0 Å². The lowest BCUT2D eigenvalue weighted by atomic mass is 10.1. The van der Waals surface area contributed by atoms with Crippen LogP contribution in [0.4, 0.5) is 5.13 Å². The molecule has 88 valence electrons. The molecule has 0 unspecified atom stereocenters. The lowest BCUT2D eigenvalue weighted by molar-refractivity contribution is -0.118. The number of nitrogens with zero attached hydrogens (tertiary/aromatic N) is 2. The summed E-state index contributed by atoms with van der Waals surface area (Å²) in [4.78, 5) is 17.6. The number of carbonyl (C=O) groups is 1. The fourth-order valence-corrected chi connectivity index (χ4v) is 2.18. The Bertz CT molecular complexity index is 467. The van der Waals surface area contributed by atoms with Gasteiger partial charge < -0.3 is 0 Å². The minimum Gasteiger partial charge on any atom is -0.291 e. The summed E-state index contributed by atoms with van der Waals surface area (Å²) in [5.41, 5.74) is 1.19. The molecule has 2 aromatic rings. The fourth-order valence-electron chi connectivity index (χ4n) is 1.55. The lowest BCUT2D eigenvalue weighted by Gasteiger charge is -2.13. The zero-order valence-electron chi connectivity index (χ0n) is 9.67. The van der Waals surface area contributed by atoms with Crippen LogP contribution >= 0.6 is 11.3 Å². The maximum Gasteiger partial charge on any atom is 0.228 e. The monoisotopic (exact) mass is 246 g/mol. The summed E-state index contributed by atoms with van der Waals surface area (Å²) < 4.78 is 0. The van der Waals surface area contributed by atoms with E-state index in [1.165, 1.54) is 16.9 Å². The first-order chi connectivity index (χ1) is 8.27. The molecule has 0 N–H and O–H groups in total. The number of hydrogen-bond donors (Lipinski definition) is 0. The van der Waals surface area contributed by atoms with Gasteiger partial charge in [0.25, 0.3) is 0 Å². The van der Waals surface area contributed by atoms with Crippen molar-refractivity contribution in [1.82, 2.24) is 4.98 Å². The van der Waals surface area contributed by atoms with Crippen molar-refractivity contribution in [2.45, 2.75) is 12.8 Å². The largest absolute Gasteiger partial charge is 0.291 e. The van der Waals surface area contributed by atoms with Gasteiger partial charge in [0.15, 0.2) is 5.13 Å². The molecular formula is C13H14N2OS. The molecular weight excluding hydrogens is 232 g/mol. The van der Waals surface area contributed by atoms with Gasteiger partial charge in [-0.2, -0.15) is 0 Å². The summed E-state index contributed by atoms with van der Waals surface area (Å²) in [5, 5.41) is 2.62. The number of benzene rings is 1. The minimum atomic E-state index is 0.101. The average molecular weight is 246 g/mol. The fraction of sp³-hybridized carbons (Fsp3) is 0.231. The van der Waals surface area contributed by atoms with E-state index < -0.39 is 0 Å². The lowest BCUT2D eigenvalue weighted by Crippen LogP contribution is -2.26. The van der Waals surface area contributed by atoms with Crippen LogP contribution in [0.25, 0.3) is 0 Å². The molecule has 0 saturated heterocycles. The molecule has 3 nitrogen and oxygen atoms in total. The standard InChI is InChI=1S/C13H14N2OS/c1-15(13-14-9-10-17-13)12(16)8-7-11-5-3-2-4-6-11/h2-6,9-10H,7-8H2,1H3. The van der Waals surface area contributed by atoms with Crippen LogP contribution in [0.2, 0.25) is 0 Å². The molecule has 1 aromatic heterocycles. The Hall–Kier alpha value is -1.68. The molecule has 1 heterocycles. The number of aromatic nitrogens is 1. The number of carbonyl (C=O) groups excluding carboxylic acids is 1. The summed E-state index contributed by atoms with van der Waals surface area (Å²) >= 11 is 1.48. The summed E-state index contributed by atoms with van der Waals surface area (Å²) in [6, 6.07) is 10.0. The quantitative estimate of drug-likeness (QED) is 0.831. The van der Waals surface area contributed by atoms with E-state index in [0.717, 1.165) is 11.6 Å². The van der Waals surface area contributed by atoms with Gasteiger partial charge in [0.2, 0.25) is 5.91 Å². The van der Waals surface area contributed by atoms with Gasteiger partial charge in [0.1, 0.15) is 0 Å². The zero-order valence-corrected chi connectivity index (χ0v) is 10.5. The molecule has 0 spiro atoms. The highest BCUT2D eigenvalue weighted by Gasteiger charge is 2.12. The van der Waals surface area contributed by atoms with E-state index in [0.29, 0.717) is 6.42 Å². The average Bonchev–Trinajstić information content (AvgIpc) is 2.90. The third-order valence-electron chi connectivity index (χ3n) is 2.55. The van der Waals surface area contributed by atoms with E-state index in [4.69, 9.17) is 0 Å². The molecule has 2 rings (SSSR count). The van der Waals surface area contributed by atoms with E-state index in [9.17, 15) is 4.79 Å². The SMILES string of the molecule is CN(C(=O)CCc1ccccc1)c1nccs1. The van der Waals surface area contributed by atoms with Crippen molar-refractivity contribution in [2.75, 3.05) is 11.9 Å². The minimum absolute atomic E-state index is 0.101. The van der Waals surface area contributed by atoms with Crippen molar-refractivity contribution in [3.8, 4) is 0 Å². The number of thiazole rings is 1. The maximum atomic E-state index is 11.9. The smallest absolute Gasteiger partial charge is 0.228 e. The summed E-state index contributed by atoms with van der Waals surface area (Å²) in [5.74, 6) is 0.101. The molecule has 0 bridgehead atoms. The van der Waals surface area contributed by atoms with Crippen molar-refractivity contribution in [1.29, 1.82) is 0 Å². The topological polar surface area (TPSA) is 33.2 Å². The van der Waals surface area contributed by atoms with Crippen LogP contribution in [-0.2, 0) is 11.2 Å². The van der Waals surface area contributed by atoms with Crippen molar-refractivity contribution in [3.63, 3.8) is 0 Å². The van der Waals surface area contributed by atoms with Crippen molar-refractivity contribution >= 4 is 22.4 Å². The van der Waals surface area contributed by atoms with Crippen LogP contribution in [-0.4, -0.2) is 17.9 Å². The van der Waals surface area contributed by atoms with Gasteiger partial charge in [0.05, 0.1) is 0 Å². The Kier molecular flexibility index (Phi) is 3.88. The summed E-state index contributed by atoms with van der Waals surface area (Å²) in [6.07, 6.45) is 3.00. The summed E-state index contributed by atoms with van der Waals surface area (Å²) in [7, 11) is 1.77. The molecule has 4 heteroatoms. The number of amides is 1. The van der Waals surface area contributed by atoms with E-state index in [-0.39, 0.29) is 5.91 Å². The Balaban J connectivity index is 1.90. The van der Waals surface area contributed by atoms with Gasteiger partial charge in [-0.15, -0.1) is 11.3 Å². The van der Waals surface area contributed by atoms with Crippen molar-refractivity contribution in [3.05, 3.63) is 47.5 Å². The molecule has 0 atom stereocenters. The van der Waals surface area contributed by atoms with Crippen molar-refractivity contribution < 1.29 is 4.79 Å².